The molecule has 2 atom stereocenters. The maximum Gasteiger partial charge on any atom is 0.0486 e. The first-order valence-electron chi connectivity index (χ1n) is 4.09. The number of benzene rings is 1. The molecule has 0 bridgehead atoms. The predicted molar refractivity (Wildman–Crippen MR) is 57.5 cm³/mol. The molecule has 0 spiro atoms. The van der Waals surface area contributed by atoms with Crippen molar-refractivity contribution in [1.82, 2.24) is 0 Å². The van der Waals surface area contributed by atoms with Crippen molar-refractivity contribution in [3.63, 3.8) is 0 Å². The zero-order valence-electron chi connectivity index (χ0n) is 7.35. The lowest BCUT2D eigenvalue weighted by Crippen LogP contribution is -2.07. The second-order valence-corrected chi connectivity index (χ2v) is 4.82. The highest BCUT2D eigenvalue weighted by Gasteiger charge is 2.11. The van der Waals surface area contributed by atoms with Crippen LogP contribution in [0.5, 0.6) is 0 Å². The average Bonchev–Trinajstić information content (AvgIpc) is 2.15. The van der Waals surface area contributed by atoms with Gasteiger partial charge >= 0.3 is 0 Å². The minimum Gasteiger partial charge on any atom is -0.772 e. The van der Waals surface area contributed by atoms with Crippen LogP contribution in [0.1, 0.15) is 17.2 Å². The summed E-state index contributed by atoms with van der Waals surface area (Å²) in [6.45, 7) is -0.130. The predicted octanol–water partition coefficient (Wildman–Crippen LogP) is 1.75. The Morgan fingerprint density at radius 1 is 1.43 bits per heavy atom. The van der Waals surface area contributed by atoms with Crippen LogP contribution in [0, 0.1) is 0 Å². The largest absolute Gasteiger partial charge is 0.772 e. The van der Waals surface area contributed by atoms with Crippen molar-refractivity contribution < 1.29 is 13.9 Å². The van der Waals surface area contributed by atoms with E-state index in [-0.39, 0.29) is 13.0 Å². The van der Waals surface area contributed by atoms with Crippen molar-refractivity contribution in [3.8, 4) is 0 Å². The fourth-order valence-corrected chi connectivity index (χ4v) is 2.11. The van der Waals surface area contributed by atoms with E-state index in [0.29, 0.717) is 5.56 Å². The summed E-state index contributed by atoms with van der Waals surface area (Å²) in [6.07, 6.45) is 0.234. The molecular formula is C9H10BrO3S-. The van der Waals surface area contributed by atoms with Crippen molar-refractivity contribution in [3.05, 3.63) is 34.3 Å². The molecule has 0 heterocycles. The number of halogens is 1. The number of hydrogen-bond donors (Lipinski definition) is 1. The third kappa shape index (κ3) is 3.16. The zero-order valence-corrected chi connectivity index (χ0v) is 9.75. The third-order valence-corrected chi connectivity index (χ3v) is 3.37. The standard InChI is InChI=1S/C9H11BrO3S/c10-8-3-1-7(2-4-8)9(5-6-11)14(12)13/h1-4,9,11H,5-6H2,(H,12,13)/p-1. The summed E-state index contributed by atoms with van der Waals surface area (Å²) >= 11 is 1.08. The van der Waals surface area contributed by atoms with Crippen LogP contribution in [-0.4, -0.2) is 20.5 Å². The van der Waals surface area contributed by atoms with Crippen LogP contribution in [0.25, 0.3) is 0 Å². The first-order valence-corrected chi connectivity index (χ1v) is 6.02. The molecule has 2 unspecified atom stereocenters. The average molecular weight is 278 g/mol. The quantitative estimate of drug-likeness (QED) is 0.853. The van der Waals surface area contributed by atoms with Crippen LogP contribution >= 0.6 is 15.9 Å². The van der Waals surface area contributed by atoms with E-state index in [9.17, 15) is 8.76 Å². The molecule has 0 aliphatic heterocycles. The number of hydrogen-bond acceptors (Lipinski definition) is 3. The summed E-state index contributed by atoms with van der Waals surface area (Å²) in [6, 6.07) is 7.04. The van der Waals surface area contributed by atoms with E-state index in [4.69, 9.17) is 5.11 Å². The fraction of sp³-hybridized carbons (Fsp3) is 0.333. The molecule has 5 heteroatoms. The SMILES string of the molecule is O=S([O-])C(CCO)c1ccc(Br)cc1. The summed E-state index contributed by atoms with van der Waals surface area (Å²) in [5.41, 5.74) is 0.704. The molecule has 0 amide bonds. The van der Waals surface area contributed by atoms with Gasteiger partial charge in [-0.05, 0) is 35.2 Å². The van der Waals surface area contributed by atoms with E-state index in [1.807, 2.05) is 0 Å². The maximum atomic E-state index is 10.9. The van der Waals surface area contributed by atoms with Gasteiger partial charge in [0.05, 0.1) is 0 Å². The molecule has 1 rings (SSSR count). The van der Waals surface area contributed by atoms with Crippen molar-refractivity contribution in [1.29, 1.82) is 0 Å². The summed E-state index contributed by atoms with van der Waals surface area (Å²) in [5.74, 6) is 0. The second-order valence-electron chi connectivity index (χ2n) is 2.81. The van der Waals surface area contributed by atoms with Gasteiger partial charge in [0.1, 0.15) is 0 Å². The van der Waals surface area contributed by atoms with E-state index < -0.39 is 16.3 Å². The lowest BCUT2D eigenvalue weighted by atomic mass is 10.1. The molecule has 0 aliphatic carbocycles. The molecule has 78 valence electrons. The molecular weight excluding hydrogens is 268 g/mol. The molecule has 0 aromatic heterocycles. The molecule has 0 radical (unpaired) electrons. The normalized spacial score (nSPS) is 15.1. The first kappa shape index (κ1) is 11.8. The molecule has 0 aliphatic rings. The van der Waals surface area contributed by atoms with Crippen molar-refractivity contribution in [2.75, 3.05) is 6.61 Å². The molecule has 14 heavy (non-hydrogen) atoms. The van der Waals surface area contributed by atoms with Gasteiger partial charge in [0.25, 0.3) is 0 Å². The summed E-state index contributed by atoms with van der Waals surface area (Å²) < 4.78 is 22.6. The van der Waals surface area contributed by atoms with Gasteiger partial charge in [-0.2, -0.15) is 0 Å². The van der Waals surface area contributed by atoms with Crippen molar-refractivity contribution in [2.24, 2.45) is 0 Å². The molecule has 0 saturated carbocycles. The Labute approximate surface area is 93.6 Å². The zero-order chi connectivity index (χ0) is 10.6. The fourth-order valence-electron chi connectivity index (χ4n) is 1.17. The molecule has 3 nitrogen and oxygen atoms in total. The van der Waals surface area contributed by atoms with E-state index in [1.54, 1.807) is 24.3 Å². The minimum absolute atomic E-state index is 0.130. The van der Waals surface area contributed by atoms with Crippen LogP contribution in [0.15, 0.2) is 28.7 Å². The topological polar surface area (TPSA) is 60.4 Å². The highest BCUT2D eigenvalue weighted by Crippen LogP contribution is 2.23. The molecule has 1 aromatic rings. The van der Waals surface area contributed by atoms with Gasteiger partial charge in [-0.25, -0.2) is 0 Å². The van der Waals surface area contributed by atoms with Gasteiger partial charge in [-0.3, -0.25) is 4.21 Å². The van der Waals surface area contributed by atoms with E-state index in [2.05, 4.69) is 15.9 Å². The summed E-state index contributed by atoms with van der Waals surface area (Å²) in [5, 5.41) is 8.10. The van der Waals surface area contributed by atoms with Gasteiger partial charge in [0.2, 0.25) is 0 Å². The maximum absolute atomic E-state index is 10.9. The van der Waals surface area contributed by atoms with Gasteiger partial charge in [0, 0.05) is 16.3 Å². The van der Waals surface area contributed by atoms with Gasteiger partial charge in [-0.15, -0.1) is 0 Å². The molecule has 0 saturated heterocycles. The highest BCUT2D eigenvalue weighted by atomic mass is 79.9. The Balaban J connectivity index is 2.87. The Morgan fingerprint density at radius 3 is 2.43 bits per heavy atom. The van der Waals surface area contributed by atoms with Crippen LogP contribution < -0.4 is 0 Å². The first-order chi connectivity index (χ1) is 6.65. The lowest BCUT2D eigenvalue weighted by molar-refractivity contribution is 0.285. The monoisotopic (exact) mass is 277 g/mol. The number of rotatable bonds is 4. The number of aliphatic hydroxyl groups is 1. The number of aliphatic hydroxyl groups excluding tert-OH is 1. The minimum atomic E-state index is -2.19. The summed E-state index contributed by atoms with van der Waals surface area (Å²) in [4.78, 5) is 0. The Bertz CT molecular complexity index is 312. The van der Waals surface area contributed by atoms with Gasteiger partial charge < -0.3 is 9.66 Å². The van der Waals surface area contributed by atoms with E-state index in [0.717, 1.165) is 4.47 Å². The van der Waals surface area contributed by atoms with Crippen LogP contribution in [0.2, 0.25) is 0 Å². The van der Waals surface area contributed by atoms with Crippen LogP contribution in [0.4, 0.5) is 0 Å². The third-order valence-electron chi connectivity index (χ3n) is 1.87. The summed E-state index contributed by atoms with van der Waals surface area (Å²) in [7, 11) is 0. The van der Waals surface area contributed by atoms with E-state index in [1.165, 1.54) is 0 Å². The van der Waals surface area contributed by atoms with Gasteiger partial charge in [-0.1, -0.05) is 28.1 Å². The smallest absolute Gasteiger partial charge is 0.0486 e. The van der Waals surface area contributed by atoms with Crippen LogP contribution in [0.3, 0.4) is 0 Å². The van der Waals surface area contributed by atoms with Crippen molar-refractivity contribution in [2.45, 2.75) is 11.7 Å². The molecule has 1 N–H and O–H groups in total. The van der Waals surface area contributed by atoms with E-state index >= 15 is 0 Å². The van der Waals surface area contributed by atoms with Crippen LogP contribution in [-0.2, 0) is 11.1 Å². The van der Waals surface area contributed by atoms with Gasteiger partial charge in [0.15, 0.2) is 0 Å². The Kier molecular flexibility index (Phi) is 4.74. The lowest BCUT2D eigenvalue weighted by Gasteiger charge is -2.18. The van der Waals surface area contributed by atoms with Crippen molar-refractivity contribution >= 4 is 27.0 Å². The second kappa shape index (κ2) is 5.60. The molecule has 1 aromatic carbocycles. The Morgan fingerprint density at radius 2 is 2.00 bits per heavy atom. The highest BCUT2D eigenvalue weighted by molar-refractivity contribution is 9.10. The molecule has 0 fully saturated rings. The Hall–Kier alpha value is -0.230.